The number of ether oxygens (including phenoxy) is 3. The lowest BCUT2D eigenvalue weighted by Gasteiger charge is -2.18. The maximum atomic E-state index is 12.8. The van der Waals surface area contributed by atoms with E-state index >= 15 is 0 Å². The minimum absolute atomic E-state index is 0.00335. The summed E-state index contributed by atoms with van der Waals surface area (Å²) in [5.41, 5.74) is 3.17. The van der Waals surface area contributed by atoms with Gasteiger partial charge in [0.15, 0.2) is 12.4 Å². The Labute approximate surface area is 253 Å². The lowest BCUT2D eigenvalue weighted by atomic mass is 10.0. The minimum Gasteiger partial charge on any atom is -0.457 e. The quantitative estimate of drug-likeness (QED) is 0.111. The first-order valence-corrected chi connectivity index (χ1v) is 14.8. The molecule has 4 aromatic rings. The number of Topliss-reactive ketones (excluding diaryl/α,β-unsaturated/α-hetero) is 1. The molecule has 8 nitrogen and oxygen atoms in total. The highest BCUT2D eigenvalue weighted by Gasteiger charge is 2.36. The number of thiophene rings is 1. The molecule has 0 N–H and O–H groups in total. The second kappa shape index (κ2) is 13.0. The van der Waals surface area contributed by atoms with Crippen LogP contribution in [0.4, 0.5) is 5.69 Å². The van der Waals surface area contributed by atoms with Gasteiger partial charge in [0.25, 0.3) is 0 Å². The van der Waals surface area contributed by atoms with E-state index in [1.54, 1.807) is 46.7 Å². The fourth-order valence-electron chi connectivity index (χ4n) is 4.74. The highest BCUT2D eigenvalue weighted by molar-refractivity contribution is 7.12. The van der Waals surface area contributed by atoms with E-state index in [2.05, 4.69) is 26.0 Å². The molecule has 0 radical (unpaired) electrons. The number of carbonyl (C=O) groups excluding carboxylic acids is 4. The van der Waals surface area contributed by atoms with Crippen LogP contribution in [0.25, 0.3) is 0 Å². The van der Waals surface area contributed by atoms with Gasteiger partial charge in [0, 0.05) is 24.2 Å². The van der Waals surface area contributed by atoms with Gasteiger partial charge < -0.3 is 19.1 Å². The van der Waals surface area contributed by atoms with E-state index in [9.17, 15) is 19.2 Å². The van der Waals surface area contributed by atoms with Gasteiger partial charge in [-0.15, -0.1) is 11.3 Å². The van der Waals surface area contributed by atoms with Gasteiger partial charge in [0.05, 0.1) is 5.92 Å². The van der Waals surface area contributed by atoms with E-state index in [-0.39, 0.29) is 18.9 Å². The first kappa shape index (κ1) is 29.7. The second-order valence-corrected chi connectivity index (χ2v) is 11.6. The molecule has 1 aromatic heterocycles. The predicted molar refractivity (Wildman–Crippen MR) is 163 cm³/mol. The number of amides is 1. The molecule has 43 heavy (non-hydrogen) atoms. The molecule has 5 rings (SSSR count). The largest absolute Gasteiger partial charge is 0.457 e. The summed E-state index contributed by atoms with van der Waals surface area (Å²) >= 11 is 1.27. The van der Waals surface area contributed by atoms with E-state index in [0.29, 0.717) is 33.5 Å². The Kier molecular flexibility index (Phi) is 9.01. The van der Waals surface area contributed by atoms with Crippen molar-refractivity contribution in [1.29, 1.82) is 0 Å². The Hall–Kier alpha value is -4.76. The first-order valence-electron chi connectivity index (χ1n) is 13.9. The summed E-state index contributed by atoms with van der Waals surface area (Å²) < 4.78 is 16.7. The van der Waals surface area contributed by atoms with Crippen LogP contribution < -0.4 is 14.4 Å². The number of aryl methyl sites for hydroxylation is 1. The van der Waals surface area contributed by atoms with Crippen LogP contribution in [0.15, 0.2) is 84.2 Å². The number of hydrogen-bond donors (Lipinski definition) is 0. The minimum atomic E-state index is -0.684. The Morgan fingerprint density at radius 2 is 1.67 bits per heavy atom. The van der Waals surface area contributed by atoms with Crippen LogP contribution in [0.5, 0.6) is 17.2 Å². The standard InChI is InChI=1S/C34H31NO7S/c1-21(2)28-15-6-22(3)17-30(28)41-26-13-9-25(10-14-26)35-19-24(18-32(35)37)33(38)40-20-29(36)23-7-11-27(12-8-23)42-34(39)31-5-4-16-43-31/h4-17,21,24H,18-20H2,1-3H3/t24-/m1/s1. The lowest BCUT2D eigenvalue weighted by Crippen LogP contribution is -2.27. The van der Waals surface area contributed by atoms with E-state index < -0.39 is 30.2 Å². The highest BCUT2D eigenvalue weighted by atomic mass is 32.1. The van der Waals surface area contributed by atoms with Crippen LogP contribution in [0.1, 0.15) is 57.3 Å². The molecular weight excluding hydrogens is 566 g/mol. The van der Waals surface area contributed by atoms with Crippen LogP contribution in [-0.4, -0.2) is 36.8 Å². The molecule has 0 spiro atoms. The lowest BCUT2D eigenvalue weighted by molar-refractivity contribution is -0.147. The van der Waals surface area contributed by atoms with Crippen molar-refractivity contribution in [2.75, 3.05) is 18.1 Å². The van der Waals surface area contributed by atoms with Crippen LogP contribution >= 0.6 is 11.3 Å². The Balaban J connectivity index is 1.13. The van der Waals surface area contributed by atoms with Crippen LogP contribution in [0.2, 0.25) is 0 Å². The van der Waals surface area contributed by atoms with Crippen LogP contribution in [-0.2, 0) is 14.3 Å². The molecule has 3 aromatic carbocycles. The fourth-order valence-corrected chi connectivity index (χ4v) is 5.34. The van der Waals surface area contributed by atoms with E-state index in [0.717, 1.165) is 16.9 Å². The summed E-state index contributed by atoms with van der Waals surface area (Å²) in [7, 11) is 0. The highest BCUT2D eigenvalue weighted by Crippen LogP contribution is 2.33. The smallest absolute Gasteiger partial charge is 0.353 e. The average Bonchev–Trinajstić information content (AvgIpc) is 3.67. The van der Waals surface area contributed by atoms with Crippen molar-refractivity contribution < 1.29 is 33.4 Å². The number of ketones is 1. The average molecular weight is 598 g/mol. The van der Waals surface area contributed by atoms with Crippen molar-refractivity contribution in [3.05, 3.63) is 106 Å². The van der Waals surface area contributed by atoms with Crippen molar-refractivity contribution in [3.8, 4) is 17.2 Å². The zero-order valence-corrected chi connectivity index (χ0v) is 24.9. The molecule has 1 amide bonds. The maximum absolute atomic E-state index is 12.8. The molecule has 1 atom stereocenters. The summed E-state index contributed by atoms with van der Waals surface area (Å²) in [6.45, 7) is 5.94. The van der Waals surface area contributed by atoms with Crippen molar-refractivity contribution in [2.24, 2.45) is 5.92 Å². The Bertz CT molecular complexity index is 1630. The van der Waals surface area contributed by atoms with Crippen LogP contribution in [0, 0.1) is 12.8 Å². The zero-order chi connectivity index (χ0) is 30.5. The SMILES string of the molecule is Cc1ccc(C(C)C)c(Oc2ccc(N3C[C@H](C(=O)OCC(=O)c4ccc(OC(=O)c5cccs5)cc4)CC3=O)cc2)c1. The summed E-state index contributed by atoms with van der Waals surface area (Å²) in [6.07, 6.45) is -0.00335. The van der Waals surface area contributed by atoms with Gasteiger partial charge in [0.1, 0.15) is 22.1 Å². The van der Waals surface area contributed by atoms with Gasteiger partial charge in [-0.25, -0.2) is 4.79 Å². The Morgan fingerprint density at radius 1 is 0.953 bits per heavy atom. The summed E-state index contributed by atoms with van der Waals surface area (Å²) in [5, 5.41) is 1.78. The van der Waals surface area contributed by atoms with E-state index in [4.69, 9.17) is 14.2 Å². The zero-order valence-electron chi connectivity index (χ0n) is 24.1. The molecule has 1 fully saturated rings. The van der Waals surface area contributed by atoms with Gasteiger partial charge in [-0.1, -0.05) is 32.0 Å². The molecule has 0 bridgehead atoms. The molecule has 1 aliphatic rings. The molecule has 2 heterocycles. The predicted octanol–water partition coefficient (Wildman–Crippen LogP) is 6.97. The van der Waals surface area contributed by atoms with Gasteiger partial charge in [-0.05, 0) is 90.0 Å². The first-order chi connectivity index (χ1) is 20.7. The molecular formula is C34H31NO7S. The maximum Gasteiger partial charge on any atom is 0.353 e. The molecule has 0 saturated carbocycles. The fraction of sp³-hybridized carbons (Fsp3) is 0.235. The molecule has 1 saturated heterocycles. The second-order valence-electron chi connectivity index (χ2n) is 10.6. The molecule has 1 aliphatic heterocycles. The van der Waals surface area contributed by atoms with Crippen molar-refractivity contribution in [1.82, 2.24) is 0 Å². The topological polar surface area (TPSA) is 99.2 Å². The van der Waals surface area contributed by atoms with E-state index in [1.807, 2.05) is 13.0 Å². The summed E-state index contributed by atoms with van der Waals surface area (Å²) in [6, 6.07) is 22.8. The third kappa shape index (κ3) is 7.18. The monoisotopic (exact) mass is 597 g/mol. The number of anilines is 1. The van der Waals surface area contributed by atoms with Crippen molar-refractivity contribution >= 4 is 40.7 Å². The number of esters is 2. The normalized spacial score (nSPS) is 14.6. The molecule has 0 aliphatic carbocycles. The van der Waals surface area contributed by atoms with Gasteiger partial charge in [-0.2, -0.15) is 0 Å². The van der Waals surface area contributed by atoms with Gasteiger partial charge in [-0.3, -0.25) is 14.4 Å². The number of benzene rings is 3. The van der Waals surface area contributed by atoms with Crippen molar-refractivity contribution in [2.45, 2.75) is 33.1 Å². The summed E-state index contributed by atoms with van der Waals surface area (Å²) in [5.74, 6) is -0.329. The van der Waals surface area contributed by atoms with Crippen molar-refractivity contribution in [3.63, 3.8) is 0 Å². The Morgan fingerprint density at radius 3 is 2.35 bits per heavy atom. The van der Waals surface area contributed by atoms with E-state index in [1.165, 1.54) is 35.6 Å². The molecule has 9 heteroatoms. The molecule has 0 unspecified atom stereocenters. The number of hydrogen-bond acceptors (Lipinski definition) is 8. The van der Waals surface area contributed by atoms with Crippen LogP contribution in [0.3, 0.4) is 0 Å². The van der Waals surface area contributed by atoms with Gasteiger partial charge in [0.2, 0.25) is 5.91 Å². The number of rotatable bonds is 10. The third-order valence-corrected chi connectivity index (χ3v) is 7.93. The van der Waals surface area contributed by atoms with Gasteiger partial charge >= 0.3 is 11.9 Å². The summed E-state index contributed by atoms with van der Waals surface area (Å²) in [4.78, 5) is 52.2. The molecule has 220 valence electrons. The third-order valence-electron chi connectivity index (χ3n) is 7.08. The number of carbonyl (C=O) groups is 4. The number of nitrogens with zero attached hydrogens (tertiary/aromatic N) is 1.